The Morgan fingerprint density at radius 2 is 1.62 bits per heavy atom. The van der Waals surface area contributed by atoms with Gasteiger partial charge in [0.05, 0.1) is 29.0 Å². The second-order valence-electron chi connectivity index (χ2n) is 6.07. The Kier molecular flexibility index (Phi) is 4.12. The van der Waals surface area contributed by atoms with E-state index in [-0.39, 0.29) is 0 Å². The number of aliphatic imine (C=N–C) groups is 1. The number of fused-ring (bicyclic) bond motifs is 1. The van der Waals surface area contributed by atoms with Crippen molar-refractivity contribution in [2.45, 2.75) is 0 Å². The predicted octanol–water partition coefficient (Wildman–Crippen LogP) is 5.74. The maximum atomic E-state index is 5.96. The Morgan fingerprint density at radius 1 is 0.846 bits per heavy atom. The Morgan fingerprint density at radius 3 is 2.42 bits per heavy atom. The summed E-state index contributed by atoms with van der Waals surface area (Å²) in [4.78, 5) is 4.52. The van der Waals surface area contributed by atoms with Gasteiger partial charge in [-0.2, -0.15) is 0 Å². The molecule has 0 bridgehead atoms. The summed E-state index contributed by atoms with van der Waals surface area (Å²) < 4.78 is 2.03. The second-order valence-corrected chi connectivity index (χ2v) is 6.07. The molecule has 0 aliphatic heterocycles. The number of hydrogen-bond acceptors (Lipinski definition) is 2. The minimum atomic E-state index is 0.662. The molecule has 1 aromatic heterocycles. The van der Waals surface area contributed by atoms with Crippen LogP contribution in [-0.2, 0) is 0 Å². The van der Waals surface area contributed by atoms with Crippen molar-refractivity contribution in [3.8, 4) is 11.3 Å². The van der Waals surface area contributed by atoms with Gasteiger partial charge in [0, 0.05) is 6.20 Å². The molecule has 4 rings (SSSR count). The van der Waals surface area contributed by atoms with Gasteiger partial charge >= 0.3 is 0 Å². The summed E-state index contributed by atoms with van der Waals surface area (Å²) in [5.74, 6) is 0. The topological polar surface area (TPSA) is 43.3 Å². The summed E-state index contributed by atoms with van der Waals surface area (Å²) in [6, 6.07) is 26.5. The van der Waals surface area contributed by atoms with Crippen molar-refractivity contribution in [2.75, 3.05) is 5.73 Å². The van der Waals surface area contributed by atoms with Gasteiger partial charge in [-0.25, -0.2) is 0 Å². The van der Waals surface area contributed by atoms with Gasteiger partial charge in [0.15, 0.2) is 0 Å². The van der Waals surface area contributed by atoms with Crippen molar-refractivity contribution in [3.05, 3.63) is 91.1 Å². The third-order valence-electron chi connectivity index (χ3n) is 4.45. The van der Waals surface area contributed by atoms with Gasteiger partial charge in [-0.3, -0.25) is 4.99 Å². The SMILES string of the molecule is C=Cn1c(C=Nc2ccccc2N)ccc1-c1ccc2ccccc2c1. The fraction of sp³-hybridized carbons (Fsp3) is 0. The maximum Gasteiger partial charge on any atom is 0.0859 e. The van der Waals surface area contributed by atoms with Crippen molar-refractivity contribution < 1.29 is 0 Å². The number of para-hydroxylation sites is 2. The maximum absolute atomic E-state index is 5.96. The van der Waals surface area contributed by atoms with E-state index in [1.54, 1.807) is 6.20 Å². The minimum absolute atomic E-state index is 0.662. The molecule has 0 spiro atoms. The van der Waals surface area contributed by atoms with Crippen molar-refractivity contribution in [3.63, 3.8) is 0 Å². The Hall–Kier alpha value is -3.59. The lowest BCUT2D eigenvalue weighted by atomic mass is 10.1. The molecule has 0 fully saturated rings. The lowest BCUT2D eigenvalue weighted by Crippen LogP contribution is -1.96. The van der Waals surface area contributed by atoms with E-state index < -0.39 is 0 Å². The number of aromatic nitrogens is 1. The third kappa shape index (κ3) is 2.91. The Labute approximate surface area is 152 Å². The number of rotatable bonds is 4. The number of anilines is 1. The lowest BCUT2D eigenvalue weighted by Gasteiger charge is -2.08. The quantitative estimate of drug-likeness (QED) is 0.374. The van der Waals surface area contributed by atoms with Gasteiger partial charge in [0.2, 0.25) is 0 Å². The van der Waals surface area contributed by atoms with Crippen LogP contribution in [0.1, 0.15) is 5.69 Å². The molecule has 3 nitrogen and oxygen atoms in total. The standard InChI is InChI=1S/C23H19N3/c1-2-26-20(16-25-22-10-6-5-9-21(22)24)13-14-23(26)19-12-11-17-7-3-4-8-18(17)15-19/h2-16H,1,24H2. The van der Waals surface area contributed by atoms with Gasteiger partial charge < -0.3 is 10.3 Å². The van der Waals surface area contributed by atoms with Gasteiger partial charge in [-0.15, -0.1) is 0 Å². The molecule has 2 N–H and O–H groups in total. The molecule has 0 aliphatic rings. The molecule has 1 heterocycles. The van der Waals surface area contributed by atoms with Crippen LogP contribution in [-0.4, -0.2) is 10.8 Å². The van der Waals surface area contributed by atoms with Crippen LogP contribution < -0.4 is 5.73 Å². The molecule has 0 amide bonds. The van der Waals surface area contributed by atoms with Crippen LogP contribution in [0.2, 0.25) is 0 Å². The Bertz CT molecular complexity index is 1120. The molecule has 126 valence electrons. The predicted molar refractivity (Wildman–Crippen MR) is 112 cm³/mol. The van der Waals surface area contributed by atoms with E-state index >= 15 is 0 Å². The molecule has 0 unspecified atom stereocenters. The average molecular weight is 337 g/mol. The summed E-state index contributed by atoms with van der Waals surface area (Å²) in [5.41, 5.74) is 10.6. The number of benzene rings is 3. The van der Waals surface area contributed by atoms with Crippen LogP contribution in [0.25, 0.3) is 28.2 Å². The first kappa shape index (κ1) is 15.9. The number of nitrogens with zero attached hydrogens (tertiary/aromatic N) is 2. The smallest absolute Gasteiger partial charge is 0.0859 e. The second kappa shape index (κ2) is 6.73. The zero-order chi connectivity index (χ0) is 17.9. The number of nitrogens with two attached hydrogens (primary N) is 1. The molecule has 0 saturated heterocycles. The van der Waals surface area contributed by atoms with E-state index in [9.17, 15) is 0 Å². The molecule has 4 aromatic rings. The van der Waals surface area contributed by atoms with Crippen molar-refractivity contribution >= 4 is 34.6 Å². The highest BCUT2D eigenvalue weighted by Crippen LogP contribution is 2.27. The van der Waals surface area contributed by atoms with E-state index in [0.29, 0.717) is 5.69 Å². The lowest BCUT2D eigenvalue weighted by molar-refractivity contribution is 1.16. The average Bonchev–Trinajstić information content (AvgIpc) is 3.10. The molecule has 3 aromatic carbocycles. The fourth-order valence-electron chi connectivity index (χ4n) is 3.10. The molecule has 3 heteroatoms. The number of hydrogen-bond donors (Lipinski definition) is 1. The van der Waals surface area contributed by atoms with Gasteiger partial charge in [-0.1, -0.05) is 55.1 Å². The normalized spacial score (nSPS) is 11.2. The molecule has 0 radical (unpaired) electrons. The van der Waals surface area contributed by atoms with Crippen LogP contribution in [0, 0.1) is 0 Å². The molecular weight excluding hydrogens is 318 g/mol. The zero-order valence-corrected chi connectivity index (χ0v) is 14.3. The van der Waals surface area contributed by atoms with Crippen LogP contribution in [0.4, 0.5) is 11.4 Å². The van der Waals surface area contributed by atoms with E-state index in [1.807, 2.05) is 41.1 Å². The van der Waals surface area contributed by atoms with Crippen LogP contribution >= 0.6 is 0 Å². The fourth-order valence-corrected chi connectivity index (χ4v) is 3.10. The first-order valence-corrected chi connectivity index (χ1v) is 8.48. The highest BCUT2D eigenvalue weighted by molar-refractivity contribution is 5.89. The molecule has 0 saturated carbocycles. The summed E-state index contributed by atoms with van der Waals surface area (Å²) >= 11 is 0. The van der Waals surface area contributed by atoms with Crippen LogP contribution in [0.3, 0.4) is 0 Å². The zero-order valence-electron chi connectivity index (χ0n) is 14.3. The van der Waals surface area contributed by atoms with Crippen molar-refractivity contribution in [2.24, 2.45) is 4.99 Å². The molecule has 26 heavy (non-hydrogen) atoms. The van der Waals surface area contributed by atoms with Gasteiger partial charge in [0.1, 0.15) is 0 Å². The monoisotopic (exact) mass is 337 g/mol. The summed E-state index contributed by atoms with van der Waals surface area (Å²) in [6.07, 6.45) is 3.62. The van der Waals surface area contributed by atoms with E-state index in [4.69, 9.17) is 5.73 Å². The first-order chi connectivity index (χ1) is 12.8. The van der Waals surface area contributed by atoms with Crippen LogP contribution in [0.15, 0.2) is 90.4 Å². The Balaban J connectivity index is 1.74. The van der Waals surface area contributed by atoms with E-state index in [1.165, 1.54) is 10.8 Å². The van der Waals surface area contributed by atoms with Crippen molar-refractivity contribution in [1.29, 1.82) is 0 Å². The summed E-state index contributed by atoms with van der Waals surface area (Å²) in [5, 5.41) is 2.45. The van der Waals surface area contributed by atoms with Crippen LogP contribution in [0.5, 0.6) is 0 Å². The van der Waals surface area contributed by atoms with E-state index in [2.05, 4.69) is 60.1 Å². The number of nitrogen functional groups attached to an aromatic ring is 1. The highest BCUT2D eigenvalue weighted by atomic mass is 15.0. The van der Waals surface area contributed by atoms with Gasteiger partial charge in [0.25, 0.3) is 0 Å². The third-order valence-corrected chi connectivity index (χ3v) is 4.45. The summed E-state index contributed by atoms with van der Waals surface area (Å²) in [7, 11) is 0. The molecule has 0 atom stereocenters. The van der Waals surface area contributed by atoms with Gasteiger partial charge in [-0.05, 0) is 46.7 Å². The molecule has 0 aliphatic carbocycles. The highest BCUT2D eigenvalue weighted by Gasteiger charge is 2.08. The largest absolute Gasteiger partial charge is 0.397 e. The van der Waals surface area contributed by atoms with E-state index in [0.717, 1.165) is 22.6 Å². The minimum Gasteiger partial charge on any atom is -0.397 e. The summed E-state index contributed by atoms with van der Waals surface area (Å²) in [6.45, 7) is 3.96. The first-order valence-electron chi connectivity index (χ1n) is 8.48. The van der Waals surface area contributed by atoms with Crippen molar-refractivity contribution in [1.82, 2.24) is 4.57 Å². The molecular formula is C23H19N3.